The molecule has 138 valence electrons. The summed E-state index contributed by atoms with van der Waals surface area (Å²) < 4.78 is 5.12. The van der Waals surface area contributed by atoms with Gasteiger partial charge in [-0.1, -0.05) is 42.5 Å². The predicted molar refractivity (Wildman–Crippen MR) is 105 cm³/mol. The molecule has 6 nitrogen and oxygen atoms in total. The van der Waals surface area contributed by atoms with Gasteiger partial charge in [0, 0.05) is 13.1 Å². The molecule has 1 aromatic heterocycles. The number of amides is 1. The molecular formula is C21H22N4O2. The maximum atomic E-state index is 12.2. The summed E-state index contributed by atoms with van der Waals surface area (Å²) in [4.78, 5) is 20.6. The SMILES string of the molecule is COc1ccc(CNC(=O)c2cnc(NCCc3ccccc3)cn2)cc1. The molecule has 0 aliphatic carbocycles. The van der Waals surface area contributed by atoms with Gasteiger partial charge in [-0.25, -0.2) is 9.97 Å². The topological polar surface area (TPSA) is 76.1 Å². The van der Waals surface area contributed by atoms with Gasteiger partial charge in [0.05, 0.1) is 19.5 Å². The van der Waals surface area contributed by atoms with E-state index in [9.17, 15) is 4.79 Å². The highest BCUT2D eigenvalue weighted by molar-refractivity contribution is 5.91. The quantitative estimate of drug-likeness (QED) is 0.644. The molecule has 0 fully saturated rings. The van der Waals surface area contributed by atoms with Crippen molar-refractivity contribution in [2.24, 2.45) is 0 Å². The van der Waals surface area contributed by atoms with Crippen molar-refractivity contribution < 1.29 is 9.53 Å². The predicted octanol–water partition coefficient (Wildman–Crippen LogP) is 3.07. The first-order valence-electron chi connectivity index (χ1n) is 8.75. The maximum Gasteiger partial charge on any atom is 0.271 e. The normalized spacial score (nSPS) is 10.3. The average Bonchev–Trinajstić information content (AvgIpc) is 2.73. The minimum absolute atomic E-state index is 0.255. The minimum Gasteiger partial charge on any atom is -0.497 e. The summed E-state index contributed by atoms with van der Waals surface area (Å²) >= 11 is 0. The first-order valence-corrected chi connectivity index (χ1v) is 8.75. The number of methoxy groups -OCH3 is 1. The van der Waals surface area contributed by atoms with Crippen molar-refractivity contribution in [3.63, 3.8) is 0 Å². The van der Waals surface area contributed by atoms with Gasteiger partial charge in [0.1, 0.15) is 17.3 Å². The Morgan fingerprint density at radius 3 is 2.41 bits per heavy atom. The first-order chi connectivity index (χ1) is 13.2. The highest BCUT2D eigenvalue weighted by Gasteiger charge is 2.08. The molecule has 0 saturated heterocycles. The van der Waals surface area contributed by atoms with Crippen LogP contribution < -0.4 is 15.4 Å². The van der Waals surface area contributed by atoms with Crippen molar-refractivity contribution in [2.45, 2.75) is 13.0 Å². The Kier molecular flexibility index (Phi) is 6.35. The Bertz CT molecular complexity index is 850. The molecule has 0 saturated carbocycles. The zero-order valence-electron chi connectivity index (χ0n) is 15.2. The lowest BCUT2D eigenvalue weighted by Gasteiger charge is -2.07. The van der Waals surface area contributed by atoms with Gasteiger partial charge >= 0.3 is 0 Å². The van der Waals surface area contributed by atoms with Crippen LogP contribution in [0.25, 0.3) is 0 Å². The summed E-state index contributed by atoms with van der Waals surface area (Å²) in [7, 11) is 1.62. The summed E-state index contributed by atoms with van der Waals surface area (Å²) in [5.41, 5.74) is 2.53. The van der Waals surface area contributed by atoms with Gasteiger partial charge in [0.15, 0.2) is 0 Å². The molecule has 6 heteroatoms. The average molecular weight is 362 g/mol. The Morgan fingerprint density at radius 1 is 0.963 bits per heavy atom. The minimum atomic E-state index is -0.255. The van der Waals surface area contributed by atoms with Crippen LogP contribution in [0.2, 0.25) is 0 Å². The molecular weight excluding hydrogens is 340 g/mol. The Labute approximate surface area is 158 Å². The first kappa shape index (κ1) is 18.4. The van der Waals surface area contributed by atoms with Crippen LogP contribution in [-0.4, -0.2) is 29.5 Å². The number of benzene rings is 2. The Morgan fingerprint density at radius 2 is 1.74 bits per heavy atom. The molecule has 3 aromatic rings. The highest BCUT2D eigenvalue weighted by atomic mass is 16.5. The van der Waals surface area contributed by atoms with Crippen LogP contribution in [0.1, 0.15) is 21.6 Å². The van der Waals surface area contributed by atoms with E-state index in [-0.39, 0.29) is 11.6 Å². The van der Waals surface area contributed by atoms with Crippen molar-refractivity contribution in [1.82, 2.24) is 15.3 Å². The number of nitrogens with zero attached hydrogens (tertiary/aromatic N) is 2. The summed E-state index contributed by atoms with van der Waals surface area (Å²) in [5.74, 6) is 1.18. The van der Waals surface area contributed by atoms with Crippen LogP contribution in [0.5, 0.6) is 5.75 Å². The van der Waals surface area contributed by atoms with Crippen LogP contribution in [0.15, 0.2) is 67.0 Å². The van der Waals surface area contributed by atoms with E-state index in [2.05, 4.69) is 32.7 Å². The molecule has 0 atom stereocenters. The van der Waals surface area contributed by atoms with Gasteiger partial charge < -0.3 is 15.4 Å². The standard InChI is InChI=1S/C21H22N4O2/c1-27-18-9-7-17(8-10-18)13-25-21(26)19-14-24-20(15-23-19)22-12-11-16-5-3-2-4-6-16/h2-10,14-15H,11-13H2,1H3,(H,22,24)(H,25,26). The molecule has 0 spiro atoms. The maximum absolute atomic E-state index is 12.2. The number of ether oxygens (including phenoxy) is 1. The molecule has 0 aliphatic rings. The van der Waals surface area contributed by atoms with Crippen molar-refractivity contribution in [1.29, 1.82) is 0 Å². The number of hydrogen-bond acceptors (Lipinski definition) is 5. The fraction of sp³-hybridized carbons (Fsp3) is 0.190. The van der Waals surface area contributed by atoms with E-state index >= 15 is 0 Å². The molecule has 1 amide bonds. The largest absolute Gasteiger partial charge is 0.497 e. The number of carbonyl (C=O) groups excluding carboxylic acids is 1. The van der Waals surface area contributed by atoms with Gasteiger partial charge in [0.25, 0.3) is 5.91 Å². The lowest BCUT2D eigenvalue weighted by molar-refractivity contribution is 0.0945. The van der Waals surface area contributed by atoms with E-state index in [1.54, 1.807) is 13.3 Å². The van der Waals surface area contributed by atoms with Crippen molar-refractivity contribution in [2.75, 3.05) is 19.0 Å². The summed E-state index contributed by atoms with van der Waals surface area (Å²) in [6.45, 7) is 1.17. The third-order valence-electron chi connectivity index (χ3n) is 4.06. The van der Waals surface area contributed by atoms with E-state index in [0.717, 1.165) is 24.3 Å². The number of anilines is 1. The zero-order chi connectivity index (χ0) is 18.9. The Hall–Kier alpha value is -3.41. The zero-order valence-corrected chi connectivity index (χ0v) is 15.2. The van der Waals surface area contributed by atoms with Gasteiger partial charge in [-0.05, 0) is 29.7 Å². The van der Waals surface area contributed by atoms with E-state index in [1.165, 1.54) is 11.8 Å². The molecule has 2 aromatic carbocycles. The van der Waals surface area contributed by atoms with Crippen molar-refractivity contribution >= 4 is 11.7 Å². The van der Waals surface area contributed by atoms with Crippen LogP contribution in [0, 0.1) is 0 Å². The fourth-order valence-corrected chi connectivity index (χ4v) is 2.53. The third-order valence-corrected chi connectivity index (χ3v) is 4.06. The molecule has 0 bridgehead atoms. The molecule has 27 heavy (non-hydrogen) atoms. The Balaban J connectivity index is 1.46. The number of carbonyl (C=O) groups is 1. The number of rotatable bonds is 8. The molecule has 0 unspecified atom stereocenters. The van der Waals surface area contributed by atoms with Gasteiger partial charge in [-0.3, -0.25) is 4.79 Å². The molecule has 0 aliphatic heterocycles. The summed E-state index contributed by atoms with van der Waals surface area (Å²) in [6, 6.07) is 17.8. The fourth-order valence-electron chi connectivity index (χ4n) is 2.53. The smallest absolute Gasteiger partial charge is 0.271 e. The number of nitrogens with one attached hydrogen (secondary N) is 2. The van der Waals surface area contributed by atoms with E-state index in [1.807, 2.05) is 42.5 Å². The second-order valence-corrected chi connectivity index (χ2v) is 5.98. The van der Waals surface area contributed by atoms with E-state index in [4.69, 9.17) is 4.74 Å². The molecule has 3 rings (SSSR count). The van der Waals surface area contributed by atoms with E-state index < -0.39 is 0 Å². The lowest BCUT2D eigenvalue weighted by Crippen LogP contribution is -2.24. The summed E-state index contributed by atoms with van der Waals surface area (Å²) in [5, 5.41) is 6.04. The van der Waals surface area contributed by atoms with Crippen LogP contribution in [-0.2, 0) is 13.0 Å². The second-order valence-electron chi connectivity index (χ2n) is 5.98. The van der Waals surface area contributed by atoms with Gasteiger partial charge in [-0.15, -0.1) is 0 Å². The molecule has 2 N–H and O–H groups in total. The lowest BCUT2D eigenvalue weighted by atomic mass is 10.1. The van der Waals surface area contributed by atoms with Gasteiger partial charge in [-0.2, -0.15) is 0 Å². The second kappa shape index (κ2) is 9.33. The van der Waals surface area contributed by atoms with Crippen molar-refractivity contribution in [3.8, 4) is 5.75 Å². The highest BCUT2D eigenvalue weighted by Crippen LogP contribution is 2.11. The van der Waals surface area contributed by atoms with Crippen LogP contribution in [0.4, 0.5) is 5.82 Å². The monoisotopic (exact) mass is 362 g/mol. The third kappa shape index (κ3) is 5.54. The number of aromatic nitrogens is 2. The van der Waals surface area contributed by atoms with E-state index in [0.29, 0.717) is 12.4 Å². The molecule has 1 heterocycles. The number of hydrogen-bond donors (Lipinski definition) is 2. The van der Waals surface area contributed by atoms with Gasteiger partial charge in [0.2, 0.25) is 0 Å². The van der Waals surface area contributed by atoms with Crippen LogP contribution in [0.3, 0.4) is 0 Å². The molecule has 0 radical (unpaired) electrons. The van der Waals surface area contributed by atoms with Crippen LogP contribution >= 0.6 is 0 Å². The van der Waals surface area contributed by atoms with Crippen molar-refractivity contribution in [3.05, 3.63) is 83.8 Å². The summed E-state index contributed by atoms with van der Waals surface area (Å²) in [6.07, 6.45) is 3.95.